The molecule has 4 nitrogen and oxygen atoms in total. The summed E-state index contributed by atoms with van der Waals surface area (Å²) in [5, 5.41) is 18.0. The van der Waals surface area contributed by atoms with E-state index in [0.29, 0.717) is 32.0 Å². The van der Waals surface area contributed by atoms with Gasteiger partial charge in [0.25, 0.3) is 0 Å². The summed E-state index contributed by atoms with van der Waals surface area (Å²) in [4.78, 5) is 0. The number of aliphatic hydroxyl groups is 2. The highest BCUT2D eigenvalue weighted by Gasteiger charge is 2.16. The molecule has 0 heterocycles. The van der Waals surface area contributed by atoms with Crippen LogP contribution in [0.2, 0.25) is 0 Å². The Morgan fingerprint density at radius 3 is 1.76 bits per heavy atom. The predicted molar refractivity (Wildman–Crippen MR) is 140 cm³/mol. The third-order valence-electron chi connectivity index (χ3n) is 6.12. The van der Waals surface area contributed by atoms with E-state index in [0.717, 1.165) is 41.9 Å². The maximum absolute atomic E-state index is 9.11. The van der Waals surface area contributed by atoms with E-state index < -0.39 is 0 Å². The van der Waals surface area contributed by atoms with Crippen molar-refractivity contribution in [3.63, 3.8) is 0 Å². The van der Waals surface area contributed by atoms with Gasteiger partial charge in [-0.05, 0) is 70.8 Å². The molecule has 34 heavy (non-hydrogen) atoms. The predicted octanol–water partition coefficient (Wildman–Crippen LogP) is 6.84. The lowest BCUT2D eigenvalue weighted by Crippen LogP contribution is -2.05. The van der Waals surface area contributed by atoms with Gasteiger partial charge in [0.05, 0.1) is 13.2 Å². The van der Waals surface area contributed by atoms with E-state index in [1.807, 2.05) is 12.1 Å². The zero-order valence-electron chi connectivity index (χ0n) is 20.5. The van der Waals surface area contributed by atoms with Crippen LogP contribution in [0.25, 0.3) is 22.3 Å². The van der Waals surface area contributed by atoms with Gasteiger partial charge < -0.3 is 19.7 Å². The fraction of sp³-hybridized carbons (Fsp3) is 0.400. The molecule has 0 radical (unpaired) electrons. The van der Waals surface area contributed by atoms with Crippen LogP contribution in [0.15, 0.2) is 66.7 Å². The molecule has 0 saturated heterocycles. The van der Waals surface area contributed by atoms with Gasteiger partial charge in [0.1, 0.15) is 11.5 Å². The fourth-order valence-electron chi connectivity index (χ4n) is 4.21. The summed E-state index contributed by atoms with van der Waals surface area (Å²) < 4.78 is 11.7. The maximum Gasteiger partial charge on any atom is 0.122 e. The zero-order valence-corrected chi connectivity index (χ0v) is 20.5. The van der Waals surface area contributed by atoms with Crippen molar-refractivity contribution in [2.24, 2.45) is 0 Å². The SMILES string of the molecule is CCCC(CC)c1cc(-c2ccc(-c3ccc(OCCCO)cc3)cc2)ccc1OCCCO. The molecule has 2 N–H and O–H groups in total. The third kappa shape index (κ3) is 7.09. The molecule has 4 heteroatoms. The molecule has 0 aliphatic carbocycles. The Balaban J connectivity index is 1.79. The van der Waals surface area contributed by atoms with E-state index >= 15 is 0 Å². The van der Waals surface area contributed by atoms with E-state index in [-0.39, 0.29) is 13.2 Å². The first-order valence-electron chi connectivity index (χ1n) is 12.5. The average molecular weight is 463 g/mol. The lowest BCUT2D eigenvalue weighted by molar-refractivity contribution is 0.231. The minimum Gasteiger partial charge on any atom is -0.494 e. The Hall–Kier alpha value is -2.82. The molecule has 1 atom stereocenters. The Morgan fingerprint density at radius 2 is 1.21 bits per heavy atom. The number of aliphatic hydroxyl groups excluding tert-OH is 2. The number of hydrogen-bond donors (Lipinski definition) is 2. The van der Waals surface area contributed by atoms with Gasteiger partial charge in [-0.2, -0.15) is 0 Å². The quantitative estimate of drug-likeness (QED) is 0.258. The first kappa shape index (κ1) is 25.8. The van der Waals surface area contributed by atoms with Crippen molar-refractivity contribution in [3.8, 4) is 33.8 Å². The number of benzene rings is 3. The molecule has 0 spiro atoms. The van der Waals surface area contributed by atoms with Crippen molar-refractivity contribution in [1.82, 2.24) is 0 Å². The summed E-state index contributed by atoms with van der Waals surface area (Å²) in [5.41, 5.74) is 5.94. The number of ether oxygens (including phenoxy) is 2. The van der Waals surface area contributed by atoms with Gasteiger partial charge in [0, 0.05) is 26.1 Å². The lowest BCUT2D eigenvalue weighted by Gasteiger charge is -2.20. The van der Waals surface area contributed by atoms with Gasteiger partial charge in [0.2, 0.25) is 0 Å². The molecule has 0 aliphatic rings. The van der Waals surface area contributed by atoms with Gasteiger partial charge in [0.15, 0.2) is 0 Å². The van der Waals surface area contributed by atoms with Crippen LogP contribution in [0.3, 0.4) is 0 Å². The topological polar surface area (TPSA) is 58.9 Å². The summed E-state index contributed by atoms with van der Waals surface area (Å²) in [6.45, 7) is 5.81. The minimum absolute atomic E-state index is 0.142. The highest BCUT2D eigenvalue weighted by atomic mass is 16.5. The second-order valence-electron chi connectivity index (χ2n) is 8.60. The molecule has 3 aromatic carbocycles. The summed E-state index contributed by atoms with van der Waals surface area (Å²) >= 11 is 0. The van der Waals surface area contributed by atoms with Crippen LogP contribution >= 0.6 is 0 Å². The zero-order chi connectivity index (χ0) is 24.2. The number of hydrogen-bond acceptors (Lipinski definition) is 4. The van der Waals surface area contributed by atoms with Gasteiger partial charge in [-0.25, -0.2) is 0 Å². The van der Waals surface area contributed by atoms with Crippen molar-refractivity contribution < 1.29 is 19.7 Å². The summed E-state index contributed by atoms with van der Waals surface area (Å²) in [5.74, 6) is 2.22. The van der Waals surface area contributed by atoms with Crippen molar-refractivity contribution in [2.75, 3.05) is 26.4 Å². The van der Waals surface area contributed by atoms with E-state index in [4.69, 9.17) is 19.7 Å². The van der Waals surface area contributed by atoms with Crippen LogP contribution in [-0.4, -0.2) is 36.6 Å². The van der Waals surface area contributed by atoms with Crippen LogP contribution in [0.1, 0.15) is 57.4 Å². The first-order valence-corrected chi connectivity index (χ1v) is 12.5. The largest absolute Gasteiger partial charge is 0.494 e. The van der Waals surface area contributed by atoms with Crippen LogP contribution in [0, 0.1) is 0 Å². The second-order valence-corrected chi connectivity index (χ2v) is 8.60. The molecule has 3 aromatic rings. The van der Waals surface area contributed by atoms with Gasteiger partial charge in [-0.15, -0.1) is 0 Å². The monoisotopic (exact) mass is 462 g/mol. The molecule has 3 rings (SSSR count). The maximum atomic E-state index is 9.11. The van der Waals surface area contributed by atoms with E-state index in [1.165, 1.54) is 16.7 Å². The Labute approximate surface area is 204 Å². The van der Waals surface area contributed by atoms with Crippen LogP contribution in [0.4, 0.5) is 0 Å². The lowest BCUT2D eigenvalue weighted by atomic mass is 9.89. The average Bonchev–Trinajstić information content (AvgIpc) is 2.88. The van der Waals surface area contributed by atoms with Gasteiger partial charge >= 0.3 is 0 Å². The molecular formula is C30H38O4. The molecule has 1 unspecified atom stereocenters. The fourth-order valence-corrected chi connectivity index (χ4v) is 4.21. The van der Waals surface area contributed by atoms with Crippen LogP contribution in [0.5, 0.6) is 11.5 Å². The Morgan fingerprint density at radius 1 is 0.676 bits per heavy atom. The van der Waals surface area contributed by atoms with Crippen molar-refractivity contribution in [1.29, 1.82) is 0 Å². The third-order valence-corrected chi connectivity index (χ3v) is 6.12. The van der Waals surface area contributed by atoms with Gasteiger partial charge in [-0.3, -0.25) is 0 Å². The molecule has 0 bridgehead atoms. The summed E-state index contributed by atoms with van der Waals surface area (Å²) in [7, 11) is 0. The second kappa shape index (κ2) is 13.8. The van der Waals surface area contributed by atoms with Crippen LogP contribution < -0.4 is 9.47 Å². The Bertz CT molecular complexity index is 980. The number of rotatable bonds is 14. The Kier molecular flexibility index (Phi) is 10.5. The molecule has 0 aliphatic heterocycles. The van der Waals surface area contributed by atoms with Crippen molar-refractivity contribution in [3.05, 3.63) is 72.3 Å². The summed E-state index contributed by atoms with van der Waals surface area (Å²) in [6, 6.07) is 23.2. The van der Waals surface area contributed by atoms with Crippen LogP contribution in [-0.2, 0) is 0 Å². The first-order chi connectivity index (χ1) is 16.7. The highest BCUT2D eigenvalue weighted by Crippen LogP contribution is 2.36. The van der Waals surface area contributed by atoms with E-state index in [9.17, 15) is 0 Å². The molecule has 0 amide bonds. The highest BCUT2D eigenvalue weighted by molar-refractivity contribution is 5.71. The molecule has 182 valence electrons. The van der Waals surface area contributed by atoms with E-state index in [2.05, 4.69) is 68.4 Å². The smallest absolute Gasteiger partial charge is 0.122 e. The van der Waals surface area contributed by atoms with Gasteiger partial charge in [-0.1, -0.05) is 62.7 Å². The van der Waals surface area contributed by atoms with Crippen molar-refractivity contribution in [2.45, 2.75) is 51.9 Å². The summed E-state index contributed by atoms with van der Waals surface area (Å²) in [6.07, 6.45) is 4.63. The minimum atomic E-state index is 0.142. The molecule has 0 aromatic heterocycles. The molecule has 0 saturated carbocycles. The standard InChI is InChI=1S/C30H38O4/c1-3-7-23(4-2)29-22-27(14-17-30(29)34-21-6-19-32)26-10-8-24(9-11-26)25-12-15-28(16-13-25)33-20-5-18-31/h8-17,22-23,31-32H,3-7,18-21H2,1-2H3. The normalized spacial score (nSPS) is 11.9. The molecule has 0 fully saturated rings. The van der Waals surface area contributed by atoms with E-state index in [1.54, 1.807) is 0 Å². The molecular weight excluding hydrogens is 424 g/mol. The van der Waals surface area contributed by atoms with Crippen molar-refractivity contribution >= 4 is 0 Å².